The summed E-state index contributed by atoms with van der Waals surface area (Å²) in [5.74, 6) is 0.865. The van der Waals surface area contributed by atoms with Crippen LogP contribution >= 0.6 is 0 Å². The Bertz CT molecular complexity index is 73.1. The Labute approximate surface area is 77.5 Å². The lowest BCUT2D eigenvalue weighted by Gasteiger charge is -2.19. The van der Waals surface area contributed by atoms with E-state index in [1.54, 1.807) is 0 Å². The van der Waals surface area contributed by atoms with E-state index >= 15 is 0 Å². The fraction of sp³-hybridized carbons (Fsp3) is 1.00. The topological polar surface area (TPSA) is 9.23 Å². The van der Waals surface area contributed by atoms with E-state index < -0.39 is 0 Å². The summed E-state index contributed by atoms with van der Waals surface area (Å²) in [7, 11) is 0. The van der Waals surface area contributed by atoms with Gasteiger partial charge in [-0.25, -0.2) is 0 Å². The molecule has 0 aromatic carbocycles. The lowest BCUT2D eigenvalue weighted by molar-refractivity contribution is 0.0535. The SMILES string of the molecule is CCC1CCCOC1.CCCC. The van der Waals surface area contributed by atoms with E-state index in [0.717, 1.165) is 19.1 Å². The van der Waals surface area contributed by atoms with Crippen LogP contribution in [0.15, 0.2) is 0 Å². The van der Waals surface area contributed by atoms with Crippen molar-refractivity contribution in [2.45, 2.75) is 52.9 Å². The molecule has 1 heterocycles. The van der Waals surface area contributed by atoms with Crippen LogP contribution in [0.5, 0.6) is 0 Å². The van der Waals surface area contributed by atoms with Gasteiger partial charge < -0.3 is 4.74 Å². The molecular weight excluding hydrogens is 148 g/mol. The quantitative estimate of drug-likeness (QED) is 0.618. The molecule has 1 rings (SSSR count). The molecule has 0 aromatic rings. The maximum absolute atomic E-state index is 5.27. The molecule has 1 aliphatic heterocycles. The Hall–Kier alpha value is -0.0400. The third kappa shape index (κ3) is 6.66. The molecule has 1 aliphatic rings. The number of rotatable bonds is 2. The second kappa shape index (κ2) is 9.05. The summed E-state index contributed by atoms with van der Waals surface area (Å²) in [4.78, 5) is 0. The minimum Gasteiger partial charge on any atom is -0.381 e. The third-order valence-corrected chi connectivity index (χ3v) is 2.33. The van der Waals surface area contributed by atoms with Crippen molar-refractivity contribution in [2.24, 2.45) is 5.92 Å². The number of hydrogen-bond acceptors (Lipinski definition) is 1. The van der Waals surface area contributed by atoms with Crippen LogP contribution < -0.4 is 0 Å². The monoisotopic (exact) mass is 172 g/mol. The van der Waals surface area contributed by atoms with Crippen molar-refractivity contribution in [1.29, 1.82) is 0 Å². The summed E-state index contributed by atoms with van der Waals surface area (Å²) < 4.78 is 5.27. The van der Waals surface area contributed by atoms with Gasteiger partial charge in [-0.1, -0.05) is 40.0 Å². The molecule has 1 heteroatoms. The molecule has 0 N–H and O–H groups in total. The van der Waals surface area contributed by atoms with Gasteiger partial charge in [-0.3, -0.25) is 0 Å². The highest BCUT2D eigenvalue weighted by atomic mass is 16.5. The summed E-state index contributed by atoms with van der Waals surface area (Å²) in [6.45, 7) is 8.60. The van der Waals surface area contributed by atoms with Crippen molar-refractivity contribution in [3.8, 4) is 0 Å². The van der Waals surface area contributed by atoms with Crippen LogP contribution in [-0.4, -0.2) is 13.2 Å². The van der Waals surface area contributed by atoms with E-state index in [1.807, 2.05) is 0 Å². The summed E-state index contributed by atoms with van der Waals surface area (Å²) in [5.41, 5.74) is 0. The lowest BCUT2D eigenvalue weighted by atomic mass is 10.0. The minimum atomic E-state index is 0.865. The summed E-state index contributed by atoms with van der Waals surface area (Å²) in [6, 6.07) is 0. The van der Waals surface area contributed by atoms with Gasteiger partial charge in [0.1, 0.15) is 0 Å². The van der Waals surface area contributed by atoms with Crippen LogP contribution in [0.3, 0.4) is 0 Å². The van der Waals surface area contributed by atoms with Crippen molar-refractivity contribution in [2.75, 3.05) is 13.2 Å². The molecule has 0 radical (unpaired) electrons. The normalized spacial score (nSPS) is 22.8. The van der Waals surface area contributed by atoms with Crippen LogP contribution in [-0.2, 0) is 4.74 Å². The van der Waals surface area contributed by atoms with Gasteiger partial charge in [0.25, 0.3) is 0 Å². The highest BCUT2D eigenvalue weighted by Gasteiger charge is 2.09. The van der Waals surface area contributed by atoms with Gasteiger partial charge in [0.05, 0.1) is 0 Å². The largest absolute Gasteiger partial charge is 0.381 e. The first-order valence-electron chi connectivity index (χ1n) is 5.42. The zero-order valence-electron chi connectivity index (χ0n) is 8.94. The second-order valence-electron chi connectivity index (χ2n) is 3.49. The molecule has 0 amide bonds. The first kappa shape index (κ1) is 12.0. The standard InChI is InChI=1S/C7H14O.C4H10/c1-2-7-4-3-5-8-6-7;1-3-4-2/h7H,2-6H2,1H3;3-4H2,1-2H3. The molecule has 1 nitrogen and oxygen atoms in total. The molecule has 12 heavy (non-hydrogen) atoms. The van der Waals surface area contributed by atoms with E-state index in [2.05, 4.69) is 20.8 Å². The first-order valence-corrected chi connectivity index (χ1v) is 5.42. The van der Waals surface area contributed by atoms with Gasteiger partial charge in [-0.05, 0) is 18.8 Å². The average Bonchev–Trinajstić information content (AvgIpc) is 2.19. The number of ether oxygens (including phenoxy) is 1. The van der Waals surface area contributed by atoms with Gasteiger partial charge in [-0.2, -0.15) is 0 Å². The van der Waals surface area contributed by atoms with Crippen LogP contribution in [0.25, 0.3) is 0 Å². The van der Waals surface area contributed by atoms with Crippen molar-refractivity contribution >= 4 is 0 Å². The molecule has 0 bridgehead atoms. The van der Waals surface area contributed by atoms with Gasteiger partial charge >= 0.3 is 0 Å². The van der Waals surface area contributed by atoms with Crippen LogP contribution in [0.4, 0.5) is 0 Å². The number of hydrogen-bond donors (Lipinski definition) is 0. The fourth-order valence-electron chi connectivity index (χ4n) is 1.13. The van der Waals surface area contributed by atoms with Crippen LogP contribution in [0, 0.1) is 5.92 Å². The van der Waals surface area contributed by atoms with Crippen LogP contribution in [0.1, 0.15) is 52.9 Å². The summed E-state index contributed by atoms with van der Waals surface area (Å²) in [5, 5.41) is 0. The Morgan fingerprint density at radius 1 is 1.17 bits per heavy atom. The van der Waals surface area contributed by atoms with E-state index in [4.69, 9.17) is 4.74 Å². The molecule has 0 aromatic heterocycles. The predicted molar refractivity (Wildman–Crippen MR) is 54.4 cm³/mol. The van der Waals surface area contributed by atoms with Gasteiger partial charge in [0, 0.05) is 13.2 Å². The van der Waals surface area contributed by atoms with Crippen molar-refractivity contribution < 1.29 is 4.74 Å². The maximum Gasteiger partial charge on any atom is 0.0494 e. The second-order valence-corrected chi connectivity index (χ2v) is 3.49. The zero-order valence-corrected chi connectivity index (χ0v) is 8.94. The Balaban J connectivity index is 0.000000261. The summed E-state index contributed by atoms with van der Waals surface area (Å²) in [6.07, 6.45) is 6.59. The first-order chi connectivity index (χ1) is 5.85. The number of unbranched alkanes of at least 4 members (excludes halogenated alkanes) is 1. The molecule has 1 unspecified atom stereocenters. The summed E-state index contributed by atoms with van der Waals surface area (Å²) >= 11 is 0. The molecule has 0 saturated carbocycles. The Kier molecular flexibility index (Phi) is 9.02. The van der Waals surface area contributed by atoms with E-state index in [-0.39, 0.29) is 0 Å². The average molecular weight is 172 g/mol. The maximum atomic E-state index is 5.27. The van der Waals surface area contributed by atoms with E-state index in [9.17, 15) is 0 Å². The van der Waals surface area contributed by atoms with Crippen LogP contribution in [0.2, 0.25) is 0 Å². The van der Waals surface area contributed by atoms with Gasteiger partial charge in [-0.15, -0.1) is 0 Å². The molecule has 1 fully saturated rings. The highest BCUT2D eigenvalue weighted by molar-refractivity contribution is 4.59. The zero-order chi connectivity index (χ0) is 9.23. The fourth-order valence-corrected chi connectivity index (χ4v) is 1.13. The molecule has 74 valence electrons. The molecule has 1 saturated heterocycles. The molecule has 0 aliphatic carbocycles. The van der Waals surface area contributed by atoms with E-state index in [1.165, 1.54) is 32.1 Å². The van der Waals surface area contributed by atoms with E-state index in [0.29, 0.717) is 0 Å². The smallest absolute Gasteiger partial charge is 0.0494 e. The molecular formula is C11H24O. The van der Waals surface area contributed by atoms with Gasteiger partial charge in [0.15, 0.2) is 0 Å². The van der Waals surface area contributed by atoms with Crippen molar-refractivity contribution in [1.82, 2.24) is 0 Å². The third-order valence-electron chi connectivity index (χ3n) is 2.33. The minimum absolute atomic E-state index is 0.865. The Morgan fingerprint density at radius 2 is 1.83 bits per heavy atom. The van der Waals surface area contributed by atoms with Crippen molar-refractivity contribution in [3.63, 3.8) is 0 Å². The predicted octanol–water partition coefficient (Wildman–Crippen LogP) is 3.63. The van der Waals surface area contributed by atoms with Gasteiger partial charge in [0.2, 0.25) is 0 Å². The Morgan fingerprint density at radius 3 is 2.08 bits per heavy atom. The highest BCUT2D eigenvalue weighted by Crippen LogP contribution is 2.15. The molecule has 1 atom stereocenters. The lowest BCUT2D eigenvalue weighted by Crippen LogP contribution is -2.15. The molecule has 0 spiro atoms. The van der Waals surface area contributed by atoms with Crippen molar-refractivity contribution in [3.05, 3.63) is 0 Å².